The molecule has 0 unspecified atom stereocenters. The Morgan fingerprint density at radius 2 is 2.00 bits per heavy atom. The predicted molar refractivity (Wildman–Crippen MR) is 85.4 cm³/mol. The first kappa shape index (κ1) is 16.1. The summed E-state index contributed by atoms with van der Waals surface area (Å²) in [7, 11) is 1.58. The lowest BCUT2D eigenvalue weighted by molar-refractivity contribution is -0.918. The average molecular weight is 312 g/mol. The number of hydrogen-bond donors (Lipinski definition) is 2. The SMILES string of the molecule is COc1cc(Cl)c(C)cc1NC(=O)[C@@H](C)[NH+]1CCCCC1. The topological polar surface area (TPSA) is 42.8 Å². The van der Waals surface area contributed by atoms with E-state index in [9.17, 15) is 4.79 Å². The Bertz CT molecular complexity index is 513. The third kappa shape index (κ3) is 3.89. The standard InChI is InChI=1S/C16H23ClN2O2/c1-11-9-14(15(21-3)10-13(11)17)18-16(20)12(2)19-7-5-4-6-8-19/h9-10,12H,4-8H2,1-3H3,(H,18,20)/p+1/t12-/m1/s1. The van der Waals surface area contributed by atoms with Crippen molar-refractivity contribution < 1.29 is 14.4 Å². The molecule has 0 radical (unpaired) electrons. The second kappa shape index (κ2) is 7.14. The van der Waals surface area contributed by atoms with Gasteiger partial charge >= 0.3 is 0 Å². The molecule has 21 heavy (non-hydrogen) atoms. The first-order chi connectivity index (χ1) is 10.0. The molecule has 0 aliphatic carbocycles. The number of amides is 1. The molecule has 1 heterocycles. The second-order valence-electron chi connectivity index (χ2n) is 5.73. The Kier molecular flexibility index (Phi) is 5.48. The van der Waals surface area contributed by atoms with E-state index in [-0.39, 0.29) is 11.9 Å². The Hall–Kier alpha value is -1.26. The lowest BCUT2D eigenvalue weighted by Gasteiger charge is -2.28. The minimum absolute atomic E-state index is 0.0342. The molecule has 1 aromatic carbocycles. The summed E-state index contributed by atoms with van der Waals surface area (Å²) in [4.78, 5) is 13.8. The van der Waals surface area contributed by atoms with Crippen LogP contribution in [0.3, 0.4) is 0 Å². The summed E-state index contributed by atoms with van der Waals surface area (Å²) in [6, 6.07) is 3.55. The van der Waals surface area contributed by atoms with Crippen molar-refractivity contribution in [3.8, 4) is 5.75 Å². The third-order valence-corrected chi connectivity index (χ3v) is 4.65. The second-order valence-corrected chi connectivity index (χ2v) is 6.14. The minimum Gasteiger partial charge on any atom is -0.495 e. The molecule has 1 atom stereocenters. The van der Waals surface area contributed by atoms with Crippen molar-refractivity contribution in [2.45, 2.75) is 39.2 Å². The van der Waals surface area contributed by atoms with Gasteiger partial charge in [-0.2, -0.15) is 0 Å². The number of nitrogens with one attached hydrogen (secondary N) is 2. The average Bonchev–Trinajstić information content (AvgIpc) is 2.50. The number of anilines is 1. The molecule has 1 fully saturated rings. The van der Waals surface area contributed by atoms with Crippen molar-refractivity contribution >= 4 is 23.2 Å². The van der Waals surface area contributed by atoms with E-state index >= 15 is 0 Å². The number of hydrogen-bond acceptors (Lipinski definition) is 2. The number of likely N-dealkylation sites (tertiary alicyclic amines) is 1. The van der Waals surface area contributed by atoms with Crippen molar-refractivity contribution in [2.75, 3.05) is 25.5 Å². The Balaban J connectivity index is 2.09. The maximum Gasteiger partial charge on any atom is 0.282 e. The number of halogens is 1. The highest BCUT2D eigenvalue weighted by Gasteiger charge is 2.27. The zero-order chi connectivity index (χ0) is 15.4. The van der Waals surface area contributed by atoms with Gasteiger partial charge in [0.05, 0.1) is 25.9 Å². The summed E-state index contributed by atoms with van der Waals surface area (Å²) in [6.45, 7) is 6.05. The number of rotatable bonds is 4. The van der Waals surface area contributed by atoms with Crippen LogP contribution in [0.25, 0.3) is 0 Å². The summed E-state index contributed by atoms with van der Waals surface area (Å²) < 4.78 is 5.30. The fourth-order valence-corrected chi connectivity index (χ4v) is 2.95. The van der Waals surface area contributed by atoms with Gasteiger partial charge in [0.15, 0.2) is 6.04 Å². The molecule has 4 nitrogen and oxygen atoms in total. The van der Waals surface area contributed by atoms with E-state index in [1.807, 2.05) is 19.9 Å². The quantitative estimate of drug-likeness (QED) is 0.894. The first-order valence-corrected chi connectivity index (χ1v) is 7.90. The molecular formula is C16H24ClN2O2+. The van der Waals surface area contributed by atoms with E-state index in [0.717, 1.165) is 18.7 Å². The summed E-state index contributed by atoms with van der Waals surface area (Å²) in [5.74, 6) is 0.631. The molecule has 2 rings (SSSR count). The van der Waals surface area contributed by atoms with E-state index < -0.39 is 0 Å². The summed E-state index contributed by atoms with van der Waals surface area (Å²) in [5.41, 5.74) is 1.61. The van der Waals surface area contributed by atoms with Gasteiger partial charge in [0.25, 0.3) is 5.91 Å². The number of quaternary nitrogens is 1. The van der Waals surface area contributed by atoms with Gasteiger partial charge in [0.2, 0.25) is 0 Å². The number of methoxy groups -OCH3 is 1. The van der Waals surface area contributed by atoms with Gasteiger partial charge in [-0.25, -0.2) is 0 Å². The van der Waals surface area contributed by atoms with Gasteiger partial charge in [-0.05, 0) is 44.7 Å². The number of ether oxygens (including phenoxy) is 1. The molecule has 1 aliphatic heterocycles. The highest BCUT2D eigenvalue weighted by Crippen LogP contribution is 2.30. The molecule has 0 saturated carbocycles. The maximum absolute atomic E-state index is 12.5. The molecule has 1 aliphatic rings. The first-order valence-electron chi connectivity index (χ1n) is 7.52. The van der Waals surface area contributed by atoms with Gasteiger partial charge in [-0.3, -0.25) is 4.79 Å². The largest absolute Gasteiger partial charge is 0.495 e. The normalized spacial score (nSPS) is 17.3. The van der Waals surface area contributed by atoms with Gasteiger partial charge in [-0.1, -0.05) is 11.6 Å². The molecule has 116 valence electrons. The fraction of sp³-hybridized carbons (Fsp3) is 0.562. The van der Waals surface area contributed by atoms with Crippen molar-refractivity contribution in [1.82, 2.24) is 0 Å². The van der Waals surface area contributed by atoms with Crippen LogP contribution in [-0.2, 0) is 4.79 Å². The Morgan fingerprint density at radius 3 is 2.62 bits per heavy atom. The summed E-state index contributed by atoms with van der Waals surface area (Å²) in [5, 5.41) is 3.62. The predicted octanol–water partition coefficient (Wildman–Crippen LogP) is 2.05. The van der Waals surface area contributed by atoms with E-state index in [1.165, 1.54) is 24.2 Å². The molecule has 0 spiro atoms. The van der Waals surface area contributed by atoms with Gasteiger partial charge in [0.1, 0.15) is 5.75 Å². The Morgan fingerprint density at radius 1 is 1.33 bits per heavy atom. The molecule has 0 bridgehead atoms. The van der Waals surface area contributed by atoms with E-state index in [0.29, 0.717) is 16.5 Å². The molecule has 0 aromatic heterocycles. The van der Waals surface area contributed by atoms with Crippen LogP contribution in [0.2, 0.25) is 5.02 Å². The monoisotopic (exact) mass is 311 g/mol. The van der Waals surface area contributed by atoms with Gasteiger partial charge in [-0.15, -0.1) is 0 Å². The lowest BCUT2D eigenvalue weighted by atomic mass is 10.1. The summed E-state index contributed by atoms with van der Waals surface area (Å²) >= 11 is 6.09. The number of carbonyl (C=O) groups is 1. The highest BCUT2D eigenvalue weighted by atomic mass is 35.5. The molecule has 2 N–H and O–H groups in total. The van der Waals surface area contributed by atoms with Crippen molar-refractivity contribution in [3.05, 3.63) is 22.7 Å². The molecule has 1 saturated heterocycles. The molecule has 1 aromatic rings. The van der Waals surface area contributed by atoms with E-state index in [4.69, 9.17) is 16.3 Å². The van der Waals surface area contributed by atoms with Crippen molar-refractivity contribution in [1.29, 1.82) is 0 Å². The number of benzene rings is 1. The van der Waals surface area contributed by atoms with Crippen LogP contribution in [0.5, 0.6) is 5.75 Å². The van der Waals surface area contributed by atoms with E-state index in [1.54, 1.807) is 13.2 Å². The van der Waals surface area contributed by atoms with Gasteiger partial charge in [0, 0.05) is 11.1 Å². The maximum atomic E-state index is 12.5. The third-order valence-electron chi connectivity index (χ3n) is 4.24. The molecule has 1 amide bonds. The fourth-order valence-electron chi connectivity index (χ4n) is 2.80. The van der Waals surface area contributed by atoms with Gasteiger partial charge < -0.3 is 15.0 Å². The number of aryl methyl sites for hydroxylation is 1. The zero-order valence-corrected chi connectivity index (χ0v) is 13.7. The van der Waals surface area contributed by atoms with Crippen LogP contribution >= 0.6 is 11.6 Å². The van der Waals surface area contributed by atoms with Crippen molar-refractivity contribution in [2.24, 2.45) is 0 Å². The van der Waals surface area contributed by atoms with Crippen LogP contribution < -0.4 is 15.0 Å². The van der Waals surface area contributed by atoms with Crippen LogP contribution in [0.15, 0.2) is 12.1 Å². The van der Waals surface area contributed by atoms with Crippen LogP contribution in [0.4, 0.5) is 5.69 Å². The minimum atomic E-state index is -0.0500. The van der Waals surface area contributed by atoms with Crippen molar-refractivity contribution in [3.63, 3.8) is 0 Å². The molecule has 5 heteroatoms. The smallest absolute Gasteiger partial charge is 0.282 e. The van der Waals surface area contributed by atoms with Crippen LogP contribution in [-0.4, -0.2) is 32.1 Å². The van der Waals surface area contributed by atoms with Crippen LogP contribution in [0, 0.1) is 6.92 Å². The van der Waals surface area contributed by atoms with Crippen LogP contribution in [0.1, 0.15) is 31.7 Å². The molecular weight excluding hydrogens is 288 g/mol. The summed E-state index contributed by atoms with van der Waals surface area (Å²) in [6.07, 6.45) is 3.69. The number of piperidine rings is 1. The highest BCUT2D eigenvalue weighted by molar-refractivity contribution is 6.31. The Labute approximate surface area is 131 Å². The lowest BCUT2D eigenvalue weighted by Crippen LogP contribution is -3.17. The zero-order valence-electron chi connectivity index (χ0n) is 13.0. The number of carbonyl (C=O) groups excluding carboxylic acids is 1. The van der Waals surface area contributed by atoms with E-state index in [2.05, 4.69) is 5.32 Å².